The molecule has 5 nitrogen and oxygen atoms in total. The molecule has 0 saturated carbocycles. The number of carbonyl (C=O) groups excluding carboxylic acids is 1. The molecule has 0 spiro atoms. The second-order valence-electron chi connectivity index (χ2n) is 4.87. The first-order valence-corrected chi connectivity index (χ1v) is 6.53. The van der Waals surface area contributed by atoms with E-state index in [0.29, 0.717) is 6.54 Å². The minimum atomic E-state index is 0.232. The highest BCUT2D eigenvalue weighted by atomic mass is 16.5. The maximum atomic E-state index is 12.1. The van der Waals surface area contributed by atoms with E-state index < -0.39 is 0 Å². The number of nitrogens with one attached hydrogen (secondary N) is 1. The monoisotopic (exact) mass is 241 g/mol. The Hall–Kier alpha value is -0.650. The Morgan fingerprint density at radius 1 is 1.35 bits per heavy atom. The molecule has 0 bridgehead atoms. The van der Waals surface area contributed by atoms with Crippen LogP contribution in [0.2, 0.25) is 0 Å². The average Bonchev–Trinajstić information content (AvgIpc) is 2.40. The van der Waals surface area contributed by atoms with Gasteiger partial charge in [0.25, 0.3) is 0 Å². The lowest BCUT2D eigenvalue weighted by atomic mass is 10.1. The molecule has 2 rings (SSSR count). The smallest absolute Gasteiger partial charge is 0.236 e. The zero-order valence-electron chi connectivity index (χ0n) is 10.7. The van der Waals surface area contributed by atoms with E-state index in [-0.39, 0.29) is 12.0 Å². The number of nitrogens with zero attached hydrogens (tertiary/aromatic N) is 2. The van der Waals surface area contributed by atoms with E-state index in [2.05, 4.69) is 10.2 Å². The molecule has 17 heavy (non-hydrogen) atoms. The first-order valence-electron chi connectivity index (χ1n) is 6.53. The van der Waals surface area contributed by atoms with Crippen LogP contribution >= 0.6 is 0 Å². The van der Waals surface area contributed by atoms with Crippen LogP contribution in [0.25, 0.3) is 0 Å². The van der Waals surface area contributed by atoms with Gasteiger partial charge in [-0.25, -0.2) is 0 Å². The van der Waals surface area contributed by atoms with Crippen molar-refractivity contribution >= 4 is 5.91 Å². The number of piperazine rings is 1. The summed E-state index contributed by atoms with van der Waals surface area (Å²) in [6, 6.07) is 0. The maximum absolute atomic E-state index is 12.1. The van der Waals surface area contributed by atoms with Crippen molar-refractivity contribution in [3.63, 3.8) is 0 Å². The SMILES string of the molecule is COC1CCCN(C(=O)CN2CCNCC2)C1. The van der Waals surface area contributed by atoms with Crippen LogP contribution in [0.4, 0.5) is 0 Å². The Morgan fingerprint density at radius 2 is 2.12 bits per heavy atom. The third kappa shape index (κ3) is 3.66. The third-order valence-electron chi connectivity index (χ3n) is 3.63. The molecule has 0 aromatic heterocycles. The molecule has 0 aliphatic carbocycles. The summed E-state index contributed by atoms with van der Waals surface area (Å²) >= 11 is 0. The van der Waals surface area contributed by atoms with Gasteiger partial charge in [0, 0.05) is 46.4 Å². The fraction of sp³-hybridized carbons (Fsp3) is 0.917. The first kappa shape index (κ1) is 12.8. The number of amides is 1. The normalized spacial score (nSPS) is 27.1. The highest BCUT2D eigenvalue weighted by Gasteiger charge is 2.24. The van der Waals surface area contributed by atoms with E-state index in [9.17, 15) is 4.79 Å². The van der Waals surface area contributed by atoms with Crippen LogP contribution in [0.3, 0.4) is 0 Å². The zero-order valence-corrected chi connectivity index (χ0v) is 10.7. The van der Waals surface area contributed by atoms with Crippen LogP contribution in [-0.4, -0.2) is 74.7 Å². The molecule has 0 radical (unpaired) electrons. The predicted molar refractivity (Wildman–Crippen MR) is 65.9 cm³/mol. The number of rotatable bonds is 3. The maximum Gasteiger partial charge on any atom is 0.236 e. The van der Waals surface area contributed by atoms with Crippen LogP contribution in [0.15, 0.2) is 0 Å². The van der Waals surface area contributed by atoms with Crippen LogP contribution in [0, 0.1) is 0 Å². The van der Waals surface area contributed by atoms with Gasteiger partial charge in [0.2, 0.25) is 5.91 Å². The number of hydrogen-bond donors (Lipinski definition) is 1. The van der Waals surface area contributed by atoms with Crippen molar-refractivity contribution in [3.05, 3.63) is 0 Å². The summed E-state index contributed by atoms with van der Waals surface area (Å²) in [6.07, 6.45) is 2.37. The Bertz CT molecular complexity index is 254. The number of carbonyl (C=O) groups is 1. The van der Waals surface area contributed by atoms with Gasteiger partial charge in [-0.3, -0.25) is 9.69 Å². The standard InChI is InChI=1S/C12H23N3O2/c1-17-11-3-2-6-15(9-11)12(16)10-14-7-4-13-5-8-14/h11,13H,2-10H2,1H3. The fourth-order valence-electron chi connectivity index (χ4n) is 2.52. The van der Waals surface area contributed by atoms with Crippen molar-refractivity contribution in [1.29, 1.82) is 0 Å². The van der Waals surface area contributed by atoms with Gasteiger partial charge in [-0.05, 0) is 12.8 Å². The molecule has 2 aliphatic heterocycles. The molecular weight excluding hydrogens is 218 g/mol. The number of hydrogen-bond acceptors (Lipinski definition) is 4. The van der Waals surface area contributed by atoms with Crippen molar-refractivity contribution in [1.82, 2.24) is 15.1 Å². The van der Waals surface area contributed by atoms with Crippen molar-refractivity contribution in [2.24, 2.45) is 0 Å². The van der Waals surface area contributed by atoms with Crippen LogP contribution in [0.5, 0.6) is 0 Å². The predicted octanol–water partition coefficient (Wildman–Crippen LogP) is -0.471. The number of methoxy groups -OCH3 is 1. The van der Waals surface area contributed by atoms with Gasteiger partial charge < -0.3 is 15.0 Å². The van der Waals surface area contributed by atoms with Gasteiger partial charge in [-0.15, -0.1) is 0 Å². The minimum Gasteiger partial charge on any atom is -0.380 e. The Kier molecular flexibility index (Phi) is 4.76. The lowest BCUT2D eigenvalue weighted by Crippen LogP contribution is -2.50. The molecule has 1 N–H and O–H groups in total. The summed E-state index contributed by atoms with van der Waals surface area (Å²) in [6.45, 7) is 6.17. The van der Waals surface area contributed by atoms with Gasteiger partial charge in [0.1, 0.15) is 0 Å². The summed E-state index contributed by atoms with van der Waals surface area (Å²) in [4.78, 5) is 16.3. The number of ether oxygens (including phenoxy) is 1. The van der Waals surface area contributed by atoms with E-state index in [0.717, 1.165) is 52.1 Å². The number of likely N-dealkylation sites (tertiary alicyclic amines) is 1. The van der Waals surface area contributed by atoms with Crippen LogP contribution in [-0.2, 0) is 9.53 Å². The third-order valence-corrected chi connectivity index (χ3v) is 3.63. The van der Waals surface area contributed by atoms with E-state index in [4.69, 9.17) is 4.74 Å². The molecule has 2 heterocycles. The van der Waals surface area contributed by atoms with Gasteiger partial charge in [-0.1, -0.05) is 0 Å². The molecule has 2 saturated heterocycles. The van der Waals surface area contributed by atoms with E-state index in [1.807, 2.05) is 4.90 Å². The molecule has 0 aromatic rings. The summed E-state index contributed by atoms with van der Waals surface area (Å²) < 4.78 is 5.34. The Labute approximate surface area is 103 Å². The quantitative estimate of drug-likeness (QED) is 0.725. The van der Waals surface area contributed by atoms with Gasteiger partial charge in [-0.2, -0.15) is 0 Å². The summed E-state index contributed by atoms with van der Waals surface area (Å²) in [7, 11) is 1.73. The molecular formula is C12H23N3O2. The molecule has 5 heteroatoms. The van der Waals surface area contributed by atoms with Gasteiger partial charge >= 0.3 is 0 Å². The highest BCUT2D eigenvalue weighted by molar-refractivity contribution is 5.78. The lowest BCUT2D eigenvalue weighted by Gasteiger charge is -2.34. The summed E-state index contributed by atoms with van der Waals surface area (Å²) in [5.41, 5.74) is 0. The molecule has 1 amide bonds. The lowest BCUT2D eigenvalue weighted by molar-refractivity contribution is -0.136. The molecule has 0 aromatic carbocycles. The van der Waals surface area contributed by atoms with E-state index in [1.165, 1.54) is 0 Å². The summed E-state index contributed by atoms with van der Waals surface area (Å²) in [5.74, 6) is 0.258. The van der Waals surface area contributed by atoms with E-state index in [1.54, 1.807) is 7.11 Å². The number of piperidine rings is 1. The second-order valence-corrected chi connectivity index (χ2v) is 4.87. The highest BCUT2D eigenvalue weighted by Crippen LogP contribution is 2.12. The average molecular weight is 241 g/mol. The van der Waals surface area contributed by atoms with Crippen molar-refractivity contribution in [3.8, 4) is 0 Å². The molecule has 98 valence electrons. The van der Waals surface area contributed by atoms with Crippen molar-refractivity contribution < 1.29 is 9.53 Å². The van der Waals surface area contributed by atoms with Crippen molar-refractivity contribution in [2.75, 3.05) is 52.9 Å². The Balaban J connectivity index is 1.78. The summed E-state index contributed by atoms with van der Waals surface area (Å²) in [5, 5.41) is 3.30. The Morgan fingerprint density at radius 3 is 2.82 bits per heavy atom. The fourth-order valence-corrected chi connectivity index (χ4v) is 2.52. The molecule has 2 fully saturated rings. The molecule has 1 atom stereocenters. The van der Waals surface area contributed by atoms with Gasteiger partial charge in [0.05, 0.1) is 12.6 Å². The zero-order chi connectivity index (χ0) is 12.1. The second kappa shape index (κ2) is 6.33. The first-order chi connectivity index (χ1) is 8.29. The molecule has 1 unspecified atom stereocenters. The van der Waals surface area contributed by atoms with Crippen molar-refractivity contribution in [2.45, 2.75) is 18.9 Å². The van der Waals surface area contributed by atoms with Crippen LogP contribution < -0.4 is 5.32 Å². The van der Waals surface area contributed by atoms with E-state index >= 15 is 0 Å². The largest absolute Gasteiger partial charge is 0.380 e. The topological polar surface area (TPSA) is 44.8 Å². The van der Waals surface area contributed by atoms with Crippen LogP contribution in [0.1, 0.15) is 12.8 Å². The molecule has 2 aliphatic rings. The van der Waals surface area contributed by atoms with Gasteiger partial charge in [0.15, 0.2) is 0 Å². The minimum absolute atomic E-state index is 0.232.